The third kappa shape index (κ3) is 5.86. The standard InChI is InChI=1S/C30H35N5O5/c36-26(34-16-10-21(11-17-34)20-25-32-28(33-40-25)23-12-18-38-19-13-23)9-5-15-35-29-24(8-4-14-31-29)39-27(30(35)37)22-6-2-1-3-7-22/h1-4,6-8,14,21,23,27H,5,9-13,15-20H2. The van der Waals surface area contributed by atoms with E-state index in [1.807, 2.05) is 41.3 Å². The fraction of sp³-hybridized carbons (Fsp3) is 0.500. The maximum atomic E-state index is 13.4. The Bertz CT molecular complexity index is 1300. The van der Waals surface area contributed by atoms with E-state index in [1.54, 1.807) is 17.2 Å². The highest BCUT2D eigenvalue weighted by molar-refractivity contribution is 5.99. The first-order chi connectivity index (χ1) is 19.7. The van der Waals surface area contributed by atoms with Gasteiger partial charge in [0.1, 0.15) is 0 Å². The molecule has 3 aromatic rings. The molecule has 0 radical (unpaired) electrons. The van der Waals surface area contributed by atoms with Crippen LogP contribution in [0.4, 0.5) is 5.82 Å². The van der Waals surface area contributed by atoms with Crippen molar-refractivity contribution < 1.29 is 23.6 Å². The summed E-state index contributed by atoms with van der Waals surface area (Å²) in [6, 6.07) is 13.1. The van der Waals surface area contributed by atoms with E-state index in [-0.39, 0.29) is 11.8 Å². The number of anilines is 1. The van der Waals surface area contributed by atoms with Crippen molar-refractivity contribution in [3.05, 3.63) is 65.9 Å². The lowest BCUT2D eigenvalue weighted by atomic mass is 9.93. The highest BCUT2D eigenvalue weighted by Gasteiger charge is 2.36. The van der Waals surface area contributed by atoms with Gasteiger partial charge in [-0.2, -0.15) is 4.98 Å². The van der Waals surface area contributed by atoms with Crippen molar-refractivity contribution in [2.24, 2.45) is 5.92 Å². The maximum absolute atomic E-state index is 13.4. The van der Waals surface area contributed by atoms with Crippen LogP contribution in [0.5, 0.6) is 5.75 Å². The van der Waals surface area contributed by atoms with Crippen LogP contribution in [0.1, 0.15) is 67.8 Å². The second-order valence-electron chi connectivity index (χ2n) is 10.8. The Kier molecular flexibility index (Phi) is 8.04. The van der Waals surface area contributed by atoms with Gasteiger partial charge in [-0.05, 0) is 50.2 Å². The van der Waals surface area contributed by atoms with Crippen LogP contribution in [0.3, 0.4) is 0 Å². The number of carbonyl (C=O) groups is 2. The Labute approximate surface area is 233 Å². The zero-order chi connectivity index (χ0) is 27.3. The molecule has 1 unspecified atom stereocenters. The van der Waals surface area contributed by atoms with Crippen LogP contribution < -0.4 is 9.64 Å². The highest BCUT2D eigenvalue weighted by Crippen LogP contribution is 2.37. The number of likely N-dealkylation sites (tertiary alicyclic amines) is 1. The molecular weight excluding hydrogens is 510 g/mol. The fourth-order valence-corrected chi connectivity index (χ4v) is 5.81. The Morgan fingerprint density at radius 1 is 1.00 bits per heavy atom. The molecule has 0 N–H and O–H groups in total. The number of piperidine rings is 1. The number of amides is 2. The average Bonchev–Trinajstić information content (AvgIpc) is 3.48. The highest BCUT2D eigenvalue weighted by atomic mass is 16.5. The van der Waals surface area contributed by atoms with Gasteiger partial charge in [0, 0.05) is 63.4 Å². The molecule has 1 aromatic carbocycles. The third-order valence-corrected chi connectivity index (χ3v) is 8.12. The van der Waals surface area contributed by atoms with Gasteiger partial charge in [0.15, 0.2) is 17.4 Å². The lowest BCUT2D eigenvalue weighted by Crippen LogP contribution is -2.43. The number of pyridine rings is 1. The number of ether oxygens (including phenoxy) is 2. The van der Waals surface area contributed by atoms with Crippen LogP contribution in [-0.4, -0.2) is 64.7 Å². The lowest BCUT2D eigenvalue weighted by molar-refractivity contribution is -0.133. The summed E-state index contributed by atoms with van der Waals surface area (Å²) in [6.07, 6.45) is 6.33. The average molecular weight is 546 g/mol. The molecule has 2 saturated heterocycles. The van der Waals surface area contributed by atoms with E-state index >= 15 is 0 Å². The second-order valence-corrected chi connectivity index (χ2v) is 10.8. The summed E-state index contributed by atoms with van der Waals surface area (Å²) < 4.78 is 17.0. The van der Waals surface area contributed by atoms with E-state index in [1.165, 1.54) is 0 Å². The molecule has 2 amide bonds. The molecule has 3 aliphatic heterocycles. The van der Waals surface area contributed by atoms with Gasteiger partial charge in [-0.3, -0.25) is 14.5 Å². The Morgan fingerprint density at radius 2 is 1.80 bits per heavy atom. The molecule has 10 heteroatoms. The van der Waals surface area contributed by atoms with Crippen molar-refractivity contribution in [3.63, 3.8) is 0 Å². The van der Waals surface area contributed by atoms with Gasteiger partial charge in [0.05, 0.1) is 0 Å². The molecule has 2 aromatic heterocycles. The largest absolute Gasteiger partial charge is 0.472 e. The maximum Gasteiger partial charge on any atom is 0.274 e. The zero-order valence-corrected chi connectivity index (χ0v) is 22.6. The van der Waals surface area contributed by atoms with E-state index in [4.69, 9.17) is 14.0 Å². The minimum atomic E-state index is -0.723. The van der Waals surface area contributed by atoms with E-state index < -0.39 is 6.10 Å². The van der Waals surface area contributed by atoms with Crippen molar-refractivity contribution in [3.8, 4) is 5.75 Å². The number of benzene rings is 1. The van der Waals surface area contributed by atoms with Gasteiger partial charge in [-0.25, -0.2) is 4.98 Å². The minimum absolute atomic E-state index is 0.125. The number of aromatic nitrogens is 3. The van der Waals surface area contributed by atoms with Crippen molar-refractivity contribution in [2.75, 3.05) is 37.7 Å². The first-order valence-corrected chi connectivity index (χ1v) is 14.3. The molecule has 210 valence electrons. The summed E-state index contributed by atoms with van der Waals surface area (Å²) in [5, 5.41) is 4.22. The quantitative estimate of drug-likeness (QED) is 0.416. The second kappa shape index (κ2) is 12.2. The lowest BCUT2D eigenvalue weighted by Gasteiger charge is -2.34. The Balaban J connectivity index is 0.988. The van der Waals surface area contributed by atoms with Gasteiger partial charge >= 0.3 is 0 Å². The molecule has 1 atom stereocenters. The summed E-state index contributed by atoms with van der Waals surface area (Å²) in [6.45, 7) is 3.36. The molecule has 0 saturated carbocycles. The van der Waals surface area contributed by atoms with Gasteiger partial charge in [0.2, 0.25) is 17.9 Å². The van der Waals surface area contributed by atoms with Crippen LogP contribution in [0.25, 0.3) is 0 Å². The van der Waals surface area contributed by atoms with Gasteiger partial charge in [-0.1, -0.05) is 35.5 Å². The normalized spacial score (nSPS) is 20.3. The van der Waals surface area contributed by atoms with Crippen LogP contribution in [0.15, 0.2) is 53.2 Å². The van der Waals surface area contributed by atoms with Gasteiger partial charge < -0.3 is 18.9 Å². The van der Waals surface area contributed by atoms with E-state index in [0.717, 1.165) is 69.8 Å². The Morgan fingerprint density at radius 3 is 2.60 bits per heavy atom. The molecule has 2 fully saturated rings. The van der Waals surface area contributed by atoms with Crippen LogP contribution in [0.2, 0.25) is 0 Å². The van der Waals surface area contributed by atoms with Gasteiger partial charge in [-0.15, -0.1) is 0 Å². The first kappa shape index (κ1) is 26.4. The molecule has 10 nitrogen and oxygen atoms in total. The number of carbonyl (C=O) groups excluding carboxylic acids is 2. The summed E-state index contributed by atoms with van der Waals surface area (Å²) in [7, 11) is 0. The monoisotopic (exact) mass is 545 g/mol. The van der Waals surface area contributed by atoms with E-state index in [0.29, 0.717) is 48.7 Å². The topological polar surface area (TPSA) is 111 Å². The number of hydrogen-bond donors (Lipinski definition) is 0. The number of nitrogens with zero attached hydrogens (tertiary/aromatic N) is 5. The summed E-state index contributed by atoms with van der Waals surface area (Å²) >= 11 is 0. The predicted molar refractivity (Wildman–Crippen MR) is 146 cm³/mol. The SMILES string of the molecule is O=C(CCCN1C(=O)C(c2ccccc2)Oc2cccnc21)N1CCC(Cc2nc(C3CCOCC3)no2)CC1. The number of rotatable bonds is 8. The van der Waals surface area contributed by atoms with Gasteiger partial charge in [0.25, 0.3) is 5.91 Å². The molecule has 3 aliphatic rings. The fourth-order valence-electron chi connectivity index (χ4n) is 5.81. The molecule has 0 spiro atoms. The zero-order valence-electron chi connectivity index (χ0n) is 22.6. The summed E-state index contributed by atoms with van der Waals surface area (Å²) in [5.41, 5.74) is 0.797. The minimum Gasteiger partial charge on any atom is -0.472 e. The Hall–Kier alpha value is -3.79. The summed E-state index contributed by atoms with van der Waals surface area (Å²) in [5.74, 6) is 3.30. The molecule has 5 heterocycles. The van der Waals surface area contributed by atoms with Crippen LogP contribution in [0, 0.1) is 5.92 Å². The van der Waals surface area contributed by atoms with Crippen molar-refractivity contribution >= 4 is 17.6 Å². The van der Waals surface area contributed by atoms with E-state index in [2.05, 4.69) is 15.1 Å². The smallest absolute Gasteiger partial charge is 0.274 e. The van der Waals surface area contributed by atoms with Crippen molar-refractivity contribution in [1.29, 1.82) is 0 Å². The van der Waals surface area contributed by atoms with Crippen LogP contribution in [-0.2, 0) is 20.7 Å². The molecule has 40 heavy (non-hydrogen) atoms. The molecular formula is C30H35N5O5. The molecule has 0 aliphatic carbocycles. The van der Waals surface area contributed by atoms with Crippen molar-refractivity contribution in [2.45, 2.75) is 57.0 Å². The molecule has 0 bridgehead atoms. The first-order valence-electron chi connectivity index (χ1n) is 14.3. The van der Waals surface area contributed by atoms with Crippen molar-refractivity contribution in [1.82, 2.24) is 20.0 Å². The van der Waals surface area contributed by atoms with Crippen LogP contribution >= 0.6 is 0 Å². The van der Waals surface area contributed by atoms with E-state index in [9.17, 15) is 9.59 Å². The number of fused-ring (bicyclic) bond motifs is 1. The summed E-state index contributed by atoms with van der Waals surface area (Å²) in [4.78, 5) is 39.1. The molecule has 6 rings (SSSR count). The number of hydrogen-bond acceptors (Lipinski definition) is 8. The third-order valence-electron chi connectivity index (χ3n) is 8.12. The predicted octanol–water partition coefficient (Wildman–Crippen LogP) is 4.09.